The fourth-order valence-electron chi connectivity index (χ4n) is 2.34. The summed E-state index contributed by atoms with van der Waals surface area (Å²) in [6, 6.07) is 8.12. The van der Waals surface area contributed by atoms with Crippen LogP contribution in [0, 0.1) is 6.92 Å². The zero-order valence-corrected chi connectivity index (χ0v) is 12.0. The Balaban J connectivity index is 1.60. The number of rotatable bonds is 4. The molecular formula is C15H18N4O2. The summed E-state index contributed by atoms with van der Waals surface area (Å²) < 4.78 is 5.52. The molecule has 1 aliphatic rings. The minimum absolute atomic E-state index is 0.0718. The molecule has 0 aliphatic carbocycles. The Morgan fingerprint density at radius 1 is 1.24 bits per heavy atom. The number of likely N-dealkylation sites (tertiary alicyclic amines) is 1. The summed E-state index contributed by atoms with van der Waals surface area (Å²) in [5.74, 6) is 0.522. The van der Waals surface area contributed by atoms with Gasteiger partial charge in [-0.2, -0.15) is 0 Å². The Kier molecular flexibility index (Phi) is 3.85. The lowest BCUT2D eigenvalue weighted by Crippen LogP contribution is -2.33. The van der Waals surface area contributed by atoms with Gasteiger partial charge in [-0.1, -0.05) is 22.8 Å². The number of amides is 1. The zero-order valence-electron chi connectivity index (χ0n) is 12.0. The average Bonchev–Trinajstić information content (AvgIpc) is 3.17. The molecule has 0 atom stereocenters. The molecule has 0 bridgehead atoms. The number of benzene rings is 1. The fourth-order valence-corrected chi connectivity index (χ4v) is 2.34. The molecular weight excluding hydrogens is 268 g/mol. The van der Waals surface area contributed by atoms with E-state index in [9.17, 15) is 4.79 Å². The van der Waals surface area contributed by atoms with E-state index in [2.05, 4.69) is 15.5 Å². The molecule has 0 unspecified atom stereocenters. The van der Waals surface area contributed by atoms with Gasteiger partial charge >= 0.3 is 6.01 Å². The van der Waals surface area contributed by atoms with Crippen LogP contribution in [0.25, 0.3) is 11.5 Å². The topological polar surface area (TPSA) is 71.3 Å². The van der Waals surface area contributed by atoms with Crippen molar-refractivity contribution in [2.45, 2.75) is 19.8 Å². The molecule has 110 valence electrons. The Bertz CT molecular complexity index is 615. The van der Waals surface area contributed by atoms with Crippen molar-refractivity contribution in [1.29, 1.82) is 0 Å². The van der Waals surface area contributed by atoms with Crippen molar-refractivity contribution in [3.8, 4) is 11.5 Å². The van der Waals surface area contributed by atoms with E-state index in [1.54, 1.807) is 0 Å². The summed E-state index contributed by atoms with van der Waals surface area (Å²) in [6.07, 6.45) is 2.17. The van der Waals surface area contributed by atoms with E-state index < -0.39 is 0 Å². The first kappa shape index (κ1) is 13.6. The molecule has 1 amide bonds. The second-order valence-electron chi connectivity index (χ2n) is 5.22. The van der Waals surface area contributed by atoms with Crippen molar-refractivity contribution in [2.24, 2.45) is 0 Å². The minimum atomic E-state index is 0.0718. The third-order valence-corrected chi connectivity index (χ3v) is 3.57. The van der Waals surface area contributed by atoms with Crippen molar-refractivity contribution in [1.82, 2.24) is 15.1 Å². The van der Waals surface area contributed by atoms with E-state index in [0.717, 1.165) is 31.5 Å². The molecule has 1 N–H and O–H groups in total. The molecule has 1 aromatic heterocycles. The molecule has 2 heterocycles. The van der Waals surface area contributed by atoms with Gasteiger partial charge in [0.2, 0.25) is 11.8 Å². The second-order valence-corrected chi connectivity index (χ2v) is 5.22. The van der Waals surface area contributed by atoms with Crippen molar-refractivity contribution in [2.75, 3.05) is 25.0 Å². The number of carbonyl (C=O) groups excluding carboxylic acids is 1. The van der Waals surface area contributed by atoms with Crippen molar-refractivity contribution < 1.29 is 9.21 Å². The zero-order chi connectivity index (χ0) is 14.7. The molecule has 6 nitrogen and oxygen atoms in total. The summed E-state index contributed by atoms with van der Waals surface area (Å²) in [5, 5.41) is 10.8. The van der Waals surface area contributed by atoms with Gasteiger partial charge < -0.3 is 14.6 Å². The highest BCUT2D eigenvalue weighted by atomic mass is 16.4. The summed E-state index contributed by atoms with van der Waals surface area (Å²) in [5.41, 5.74) is 2.04. The smallest absolute Gasteiger partial charge is 0.316 e. The largest absolute Gasteiger partial charge is 0.403 e. The normalized spacial score (nSPS) is 14.4. The first-order valence-corrected chi connectivity index (χ1v) is 7.14. The summed E-state index contributed by atoms with van der Waals surface area (Å²) in [6.45, 7) is 3.90. The Morgan fingerprint density at radius 2 is 1.95 bits per heavy atom. The first-order chi connectivity index (χ1) is 10.2. The van der Waals surface area contributed by atoms with E-state index in [-0.39, 0.29) is 18.5 Å². The van der Waals surface area contributed by atoms with Crippen molar-refractivity contribution in [3.05, 3.63) is 29.8 Å². The standard InChI is InChI=1S/C15H18N4O2/c1-11-4-6-12(7-5-11)14-17-18-15(21-14)16-10-13(20)19-8-2-3-9-19/h4-7H,2-3,8-10H2,1H3,(H,16,18). The first-order valence-electron chi connectivity index (χ1n) is 7.14. The number of hydrogen-bond acceptors (Lipinski definition) is 5. The van der Waals surface area contributed by atoms with Crippen molar-refractivity contribution >= 4 is 11.9 Å². The van der Waals surface area contributed by atoms with Crippen LogP contribution in [0.5, 0.6) is 0 Å². The van der Waals surface area contributed by atoms with Crippen LogP contribution >= 0.6 is 0 Å². The summed E-state index contributed by atoms with van der Waals surface area (Å²) in [7, 11) is 0. The number of carbonyl (C=O) groups is 1. The Hall–Kier alpha value is -2.37. The van der Waals surface area contributed by atoms with Gasteiger partial charge in [0.25, 0.3) is 0 Å². The van der Waals surface area contributed by atoms with E-state index in [4.69, 9.17) is 4.42 Å². The quantitative estimate of drug-likeness (QED) is 0.931. The van der Waals surface area contributed by atoms with Crippen LogP contribution in [0.4, 0.5) is 6.01 Å². The third kappa shape index (κ3) is 3.21. The van der Waals surface area contributed by atoms with Crippen LogP contribution in [0.3, 0.4) is 0 Å². The van der Waals surface area contributed by atoms with Crippen LogP contribution in [-0.2, 0) is 4.79 Å². The van der Waals surface area contributed by atoms with Gasteiger partial charge in [0.15, 0.2) is 0 Å². The predicted molar refractivity (Wildman–Crippen MR) is 78.8 cm³/mol. The maximum atomic E-state index is 11.9. The molecule has 1 fully saturated rings. The highest BCUT2D eigenvalue weighted by Gasteiger charge is 2.18. The minimum Gasteiger partial charge on any atom is -0.403 e. The summed E-state index contributed by atoms with van der Waals surface area (Å²) in [4.78, 5) is 13.8. The monoisotopic (exact) mass is 286 g/mol. The van der Waals surface area contributed by atoms with Gasteiger partial charge in [-0.3, -0.25) is 4.79 Å². The maximum absolute atomic E-state index is 11.9. The highest BCUT2D eigenvalue weighted by Crippen LogP contribution is 2.20. The highest BCUT2D eigenvalue weighted by molar-refractivity contribution is 5.80. The molecule has 6 heteroatoms. The maximum Gasteiger partial charge on any atom is 0.316 e. The average molecular weight is 286 g/mol. The molecule has 21 heavy (non-hydrogen) atoms. The lowest BCUT2D eigenvalue weighted by molar-refractivity contribution is -0.128. The van der Waals surface area contributed by atoms with Crippen LogP contribution in [0.2, 0.25) is 0 Å². The SMILES string of the molecule is Cc1ccc(-c2nnc(NCC(=O)N3CCCC3)o2)cc1. The van der Waals surface area contributed by atoms with E-state index >= 15 is 0 Å². The lowest BCUT2D eigenvalue weighted by Gasteiger charge is -2.14. The fraction of sp³-hybridized carbons (Fsp3) is 0.400. The number of anilines is 1. The van der Waals surface area contributed by atoms with Crippen LogP contribution in [0.15, 0.2) is 28.7 Å². The van der Waals surface area contributed by atoms with Gasteiger partial charge in [0.1, 0.15) is 0 Å². The van der Waals surface area contributed by atoms with Gasteiger partial charge in [-0.15, -0.1) is 5.10 Å². The Morgan fingerprint density at radius 3 is 2.67 bits per heavy atom. The molecule has 1 saturated heterocycles. The second kappa shape index (κ2) is 5.95. The third-order valence-electron chi connectivity index (χ3n) is 3.57. The van der Waals surface area contributed by atoms with Gasteiger partial charge in [0, 0.05) is 18.7 Å². The molecule has 3 rings (SSSR count). The molecule has 0 spiro atoms. The number of nitrogens with zero attached hydrogens (tertiary/aromatic N) is 3. The van der Waals surface area contributed by atoms with E-state index in [0.29, 0.717) is 5.89 Å². The van der Waals surface area contributed by atoms with Crippen LogP contribution < -0.4 is 5.32 Å². The molecule has 1 aromatic carbocycles. The van der Waals surface area contributed by atoms with Gasteiger partial charge in [-0.25, -0.2) is 0 Å². The summed E-state index contributed by atoms with van der Waals surface area (Å²) >= 11 is 0. The number of aryl methyl sites for hydroxylation is 1. The molecule has 2 aromatic rings. The van der Waals surface area contributed by atoms with E-state index in [1.807, 2.05) is 36.1 Å². The molecule has 0 radical (unpaired) electrons. The Labute approximate surface area is 123 Å². The van der Waals surface area contributed by atoms with E-state index in [1.165, 1.54) is 5.56 Å². The van der Waals surface area contributed by atoms with Gasteiger partial charge in [-0.05, 0) is 31.9 Å². The van der Waals surface area contributed by atoms with Gasteiger partial charge in [0.05, 0.1) is 6.54 Å². The lowest BCUT2D eigenvalue weighted by atomic mass is 10.1. The van der Waals surface area contributed by atoms with Crippen LogP contribution in [-0.4, -0.2) is 40.6 Å². The number of nitrogens with one attached hydrogen (secondary N) is 1. The number of aromatic nitrogens is 2. The molecule has 0 saturated carbocycles. The predicted octanol–water partition coefficient (Wildman–Crippen LogP) is 2.08. The van der Waals surface area contributed by atoms with Crippen molar-refractivity contribution in [3.63, 3.8) is 0 Å². The number of hydrogen-bond donors (Lipinski definition) is 1. The van der Waals surface area contributed by atoms with Crippen LogP contribution in [0.1, 0.15) is 18.4 Å². The molecule has 1 aliphatic heterocycles.